The molecule has 0 aromatic heterocycles. The SMILES string of the molecule is COC(=O)/C=C1\NC(C)C(O)(c2ccccc2)C1C. The lowest BCUT2D eigenvalue weighted by Crippen LogP contribution is -2.40. The maximum atomic E-state index is 11.3. The molecule has 1 saturated heterocycles. The fourth-order valence-corrected chi connectivity index (χ4v) is 2.65. The molecule has 1 aliphatic heterocycles. The van der Waals surface area contributed by atoms with Gasteiger partial charge >= 0.3 is 5.97 Å². The molecule has 19 heavy (non-hydrogen) atoms. The highest BCUT2D eigenvalue weighted by Gasteiger charge is 2.48. The highest BCUT2D eigenvalue weighted by molar-refractivity contribution is 5.82. The molecular weight excluding hydrogens is 242 g/mol. The predicted molar refractivity (Wildman–Crippen MR) is 72.2 cm³/mol. The lowest BCUT2D eigenvalue weighted by atomic mass is 9.80. The van der Waals surface area contributed by atoms with Crippen LogP contribution in [0.4, 0.5) is 0 Å². The highest BCUT2D eigenvalue weighted by atomic mass is 16.5. The Kier molecular flexibility index (Phi) is 3.62. The number of benzene rings is 1. The number of carbonyl (C=O) groups is 1. The third-order valence-corrected chi connectivity index (χ3v) is 3.88. The summed E-state index contributed by atoms with van der Waals surface area (Å²) >= 11 is 0. The number of nitrogens with one attached hydrogen (secondary N) is 1. The number of methoxy groups -OCH3 is 1. The molecule has 3 unspecified atom stereocenters. The summed E-state index contributed by atoms with van der Waals surface area (Å²) in [6.45, 7) is 3.81. The van der Waals surface area contributed by atoms with Gasteiger partial charge < -0.3 is 15.2 Å². The van der Waals surface area contributed by atoms with Crippen LogP contribution >= 0.6 is 0 Å². The fraction of sp³-hybridized carbons (Fsp3) is 0.400. The maximum absolute atomic E-state index is 11.3. The molecule has 1 aromatic rings. The van der Waals surface area contributed by atoms with Crippen LogP contribution in [0.15, 0.2) is 42.1 Å². The van der Waals surface area contributed by atoms with Crippen molar-refractivity contribution < 1.29 is 14.6 Å². The lowest BCUT2D eigenvalue weighted by Gasteiger charge is -2.31. The average Bonchev–Trinajstić information content (AvgIpc) is 2.65. The van der Waals surface area contributed by atoms with Gasteiger partial charge in [0.05, 0.1) is 13.2 Å². The minimum atomic E-state index is -1.03. The molecule has 0 radical (unpaired) electrons. The summed E-state index contributed by atoms with van der Waals surface area (Å²) in [6.07, 6.45) is 1.40. The first-order chi connectivity index (χ1) is 9.00. The van der Waals surface area contributed by atoms with E-state index in [1.54, 1.807) is 0 Å². The Morgan fingerprint density at radius 3 is 2.58 bits per heavy atom. The van der Waals surface area contributed by atoms with E-state index in [1.165, 1.54) is 13.2 Å². The van der Waals surface area contributed by atoms with Gasteiger partial charge in [0.2, 0.25) is 0 Å². The van der Waals surface area contributed by atoms with Crippen LogP contribution in [0.3, 0.4) is 0 Å². The Morgan fingerprint density at radius 2 is 2.00 bits per heavy atom. The summed E-state index contributed by atoms with van der Waals surface area (Å²) in [6, 6.07) is 9.32. The summed E-state index contributed by atoms with van der Waals surface area (Å²) in [5.74, 6) is -0.622. The molecule has 0 spiro atoms. The fourth-order valence-electron chi connectivity index (χ4n) is 2.65. The van der Waals surface area contributed by atoms with E-state index in [2.05, 4.69) is 10.1 Å². The molecule has 0 aliphatic carbocycles. The summed E-state index contributed by atoms with van der Waals surface area (Å²) < 4.78 is 4.63. The van der Waals surface area contributed by atoms with Gasteiger partial charge in [-0.1, -0.05) is 37.3 Å². The number of hydrogen-bond donors (Lipinski definition) is 2. The van der Waals surface area contributed by atoms with E-state index in [1.807, 2.05) is 44.2 Å². The monoisotopic (exact) mass is 261 g/mol. The molecule has 102 valence electrons. The summed E-state index contributed by atoms with van der Waals surface area (Å²) in [7, 11) is 1.34. The van der Waals surface area contributed by atoms with Crippen LogP contribution in [0.2, 0.25) is 0 Å². The Balaban J connectivity index is 2.38. The molecule has 0 saturated carbocycles. The molecule has 3 atom stereocenters. The van der Waals surface area contributed by atoms with Crippen molar-refractivity contribution in [2.45, 2.75) is 25.5 Å². The second-order valence-electron chi connectivity index (χ2n) is 4.90. The standard InChI is InChI=1S/C15H19NO3/c1-10-13(9-14(17)19-3)16-11(2)15(10,18)12-7-5-4-6-8-12/h4-11,16,18H,1-3H3/b13-9-. The topological polar surface area (TPSA) is 58.6 Å². The van der Waals surface area contributed by atoms with Gasteiger partial charge in [0.15, 0.2) is 0 Å². The second-order valence-corrected chi connectivity index (χ2v) is 4.90. The van der Waals surface area contributed by atoms with Crippen molar-refractivity contribution in [1.82, 2.24) is 5.32 Å². The van der Waals surface area contributed by atoms with Gasteiger partial charge in [-0.05, 0) is 12.5 Å². The Bertz CT molecular complexity index is 497. The average molecular weight is 261 g/mol. The second kappa shape index (κ2) is 5.05. The van der Waals surface area contributed by atoms with Gasteiger partial charge in [0, 0.05) is 17.7 Å². The van der Waals surface area contributed by atoms with Crippen molar-refractivity contribution in [2.24, 2.45) is 5.92 Å². The highest BCUT2D eigenvalue weighted by Crippen LogP contribution is 2.41. The van der Waals surface area contributed by atoms with Crippen LogP contribution in [-0.4, -0.2) is 24.2 Å². The van der Waals surface area contributed by atoms with Crippen LogP contribution in [-0.2, 0) is 15.1 Å². The molecule has 1 fully saturated rings. The van der Waals surface area contributed by atoms with Crippen molar-refractivity contribution in [1.29, 1.82) is 0 Å². The molecule has 4 nitrogen and oxygen atoms in total. The minimum Gasteiger partial charge on any atom is -0.466 e. The van der Waals surface area contributed by atoms with E-state index in [9.17, 15) is 9.90 Å². The van der Waals surface area contributed by atoms with Gasteiger partial charge in [-0.2, -0.15) is 0 Å². The van der Waals surface area contributed by atoms with Crippen molar-refractivity contribution in [3.63, 3.8) is 0 Å². The van der Waals surface area contributed by atoms with Gasteiger partial charge in [0.1, 0.15) is 5.60 Å². The van der Waals surface area contributed by atoms with Crippen LogP contribution in [0.25, 0.3) is 0 Å². The summed E-state index contributed by atoms with van der Waals surface area (Å²) in [5, 5.41) is 14.2. The largest absolute Gasteiger partial charge is 0.466 e. The smallest absolute Gasteiger partial charge is 0.332 e. The van der Waals surface area contributed by atoms with Crippen LogP contribution in [0.1, 0.15) is 19.4 Å². The van der Waals surface area contributed by atoms with E-state index in [0.717, 1.165) is 5.56 Å². The molecule has 4 heteroatoms. The summed E-state index contributed by atoms with van der Waals surface area (Å²) in [5.41, 5.74) is 0.516. The Morgan fingerprint density at radius 1 is 1.37 bits per heavy atom. The minimum absolute atomic E-state index is 0.180. The van der Waals surface area contributed by atoms with E-state index in [-0.39, 0.29) is 12.0 Å². The molecule has 0 bridgehead atoms. The van der Waals surface area contributed by atoms with Crippen LogP contribution < -0.4 is 5.32 Å². The third kappa shape index (κ3) is 2.24. The Labute approximate surface area is 113 Å². The number of rotatable bonds is 2. The van der Waals surface area contributed by atoms with Gasteiger partial charge in [-0.3, -0.25) is 0 Å². The third-order valence-electron chi connectivity index (χ3n) is 3.88. The number of aliphatic hydroxyl groups is 1. The van der Waals surface area contributed by atoms with E-state index in [0.29, 0.717) is 5.70 Å². The van der Waals surface area contributed by atoms with Crippen molar-refractivity contribution in [2.75, 3.05) is 7.11 Å². The molecule has 2 N–H and O–H groups in total. The van der Waals surface area contributed by atoms with Crippen LogP contribution in [0, 0.1) is 5.92 Å². The zero-order chi connectivity index (χ0) is 14.0. The van der Waals surface area contributed by atoms with Gasteiger partial charge in [0.25, 0.3) is 0 Å². The summed E-state index contributed by atoms with van der Waals surface area (Å²) in [4.78, 5) is 11.3. The van der Waals surface area contributed by atoms with Crippen molar-refractivity contribution >= 4 is 5.97 Å². The first kappa shape index (κ1) is 13.6. The Hall–Kier alpha value is -1.81. The van der Waals surface area contributed by atoms with E-state index in [4.69, 9.17) is 0 Å². The number of esters is 1. The number of hydrogen-bond acceptors (Lipinski definition) is 4. The van der Waals surface area contributed by atoms with Crippen molar-refractivity contribution in [3.8, 4) is 0 Å². The van der Waals surface area contributed by atoms with E-state index >= 15 is 0 Å². The van der Waals surface area contributed by atoms with Gasteiger partial charge in [-0.15, -0.1) is 0 Å². The molecule has 1 aromatic carbocycles. The normalized spacial score (nSPS) is 32.1. The zero-order valence-electron chi connectivity index (χ0n) is 11.4. The molecule has 1 heterocycles. The zero-order valence-corrected chi connectivity index (χ0v) is 11.4. The molecule has 0 amide bonds. The molecule has 2 rings (SSSR count). The quantitative estimate of drug-likeness (QED) is 0.626. The number of ether oxygens (including phenoxy) is 1. The molecule has 1 aliphatic rings. The number of carbonyl (C=O) groups excluding carboxylic acids is 1. The molecular formula is C15H19NO3. The predicted octanol–water partition coefficient (Wildman–Crippen LogP) is 1.56. The first-order valence-electron chi connectivity index (χ1n) is 6.34. The van der Waals surface area contributed by atoms with Gasteiger partial charge in [-0.25, -0.2) is 4.79 Å². The van der Waals surface area contributed by atoms with E-state index < -0.39 is 11.6 Å². The lowest BCUT2D eigenvalue weighted by molar-refractivity contribution is -0.134. The first-order valence-corrected chi connectivity index (χ1v) is 6.34. The van der Waals surface area contributed by atoms with Crippen LogP contribution in [0.5, 0.6) is 0 Å². The van der Waals surface area contributed by atoms with Crippen molar-refractivity contribution in [3.05, 3.63) is 47.7 Å². The maximum Gasteiger partial charge on any atom is 0.332 e.